The Morgan fingerprint density at radius 1 is 1.02 bits per heavy atom. The number of morpholine rings is 1. The molecule has 3 aromatic rings. The van der Waals surface area contributed by atoms with Crippen molar-refractivity contribution in [2.75, 3.05) is 102 Å². The number of likely N-dealkylation sites (N-methyl/N-ethyl adjacent to an activating group) is 2. The van der Waals surface area contributed by atoms with Crippen molar-refractivity contribution in [3.8, 4) is 11.5 Å². The normalized spacial score (nSPS) is 12.9. The number of halogens is 1. The van der Waals surface area contributed by atoms with Gasteiger partial charge in [0.15, 0.2) is 0 Å². The van der Waals surface area contributed by atoms with Gasteiger partial charge in [0.1, 0.15) is 36.1 Å². The lowest BCUT2D eigenvalue weighted by Crippen LogP contribution is -2.38. The highest BCUT2D eigenvalue weighted by molar-refractivity contribution is 6.32. The van der Waals surface area contributed by atoms with Crippen LogP contribution in [0.25, 0.3) is 0 Å². The SMILES string of the molecule is C=CC.COc1cc(N(C)CCN(C)C)c(NC=O)cc1Nc1cc(Nc2ccc(OCCN3CCOCC3)c(Cl)c2)ncn1. The molecular formula is C32H45ClN8O4. The molecule has 0 spiro atoms. The molecule has 0 saturated carbocycles. The summed E-state index contributed by atoms with van der Waals surface area (Å²) in [6.07, 6.45) is 3.86. The monoisotopic (exact) mass is 640 g/mol. The van der Waals surface area contributed by atoms with Crippen LogP contribution in [0.15, 0.2) is 55.4 Å². The summed E-state index contributed by atoms with van der Waals surface area (Å²) in [5.41, 5.74) is 2.87. The fourth-order valence-electron chi connectivity index (χ4n) is 4.39. The first-order chi connectivity index (χ1) is 21.8. The summed E-state index contributed by atoms with van der Waals surface area (Å²) >= 11 is 6.51. The van der Waals surface area contributed by atoms with E-state index in [1.807, 2.05) is 52.3 Å². The van der Waals surface area contributed by atoms with E-state index in [0.29, 0.717) is 52.5 Å². The van der Waals surface area contributed by atoms with Crippen LogP contribution in [-0.4, -0.2) is 107 Å². The number of methoxy groups -OCH3 is 1. The molecule has 244 valence electrons. The van der Waals surface area contributed by atoms with Crippen molar-refractivity contribution >= 4 is 52.4 Å². The van der Waals surface area contributed by atoms with Crippen molar-refractivity contribution < 1.29 is 19.0 Å². The average Bonchev–Trinajstić information content (AvgIpc) is 3.02. The summed E-state index contributed by atoms with van der Waals surface area (Å²) in [4.78, 5) is 26.5. The molecular weight excluding hydrogens is 596 g/mol. The highest BCUT2D eigenvalue weighted by atomic mass is 35.5. The molecule has 1 fully saturated rings. The number of carbonyl (C=O) groups excluding carboxylic acids is 1. The van der Waals surface area contributed by atoms with E-state index >= 15 is 0 Å². The molecule has 12 nitrogen and oxygen atoms in total. The first kappa shape index (κ1) is 35.4. The lowest BCUT2D eigenvalue weighted by molar-refractivity contribution is -0.105. The van der Waals surface area contributed by atoms with Crippen LogP contribution in [0.4, 0.5) is 34.4 Å². The average molecular weight is 641 g/mol. The lowest BCUT2D eigenvalue weighted by atomic mass is 10.2. The number of carbonyl (C=O) groups is 1. The molecule has 2 heterocycles. The highest BCUT2D eigenvalue weighted by Gasteiger charge is 2.16. The lowest BCUT2D eigenvalue weighted by Gasteiger charge is -2.26. The van der Waals surface area contributed by atoms with Crippen LogP contribution in [0, 0.1) is 0 Å². The quantitative estimate of drug-likeness (QED) is 0.152. The molecule has 3 N–H and O–H groups in total. The molecule has 1 saturated heterocycles. The molecule has 4 rings (SSSR count). The third kappa shape index (κ3) is 11.4. The van der Waals surface area contributed by atoms with Crippen LogP contribution in [0.3, 0.4) is 0 Å². The molecule has 0 radical (unpaired) electrons. The van der Waals surface area contributed by atoms with E-state index in [9.17, 15) is 4.79 Å². The molecule has 1 amide bonds. The minimum Gasteiger partial charge on any atom is -0.494 e. The Kier molecular flexibility index (Phi) is 14.7. The van der Waals surface area contributed by atoms with Crippen molar-refractivity contribution in [1.82, 2.24) is 19.8 Å². The van der Waals surface area contributed by atoms with Gasteiger partial charge in [-0.3, -0.25) is 9.69 Å². The van der Waals surface area contributed by atoms with E-state index in [-0.39, 0.29) is 0 Å². The Labute approximate surface area is 271 Å². The fraction of sp³-hybridized carbons (Fsp3) is 0.406. The van der Waals surface area contributed by atoms with Crippen molar-refractivity contribution in [3.05, 3.63) is 60.4 Å². The number of benzene rings is 2. The van der Waals surface area contributed by atoms with Gasteiger partial charge in [-0.25, -0.2) is 9.97 Å². The standard InChI is InChI=1S/C29H39ClN8O4.C3H6/c1-36(2)7-8-37(3)25-17-27(40-4)24(16-23(25)33-20-39)35-29-18-28(31-19-32-29)34-21-5-6-26(22(30)15-21)42-14-11-38-9-12-41-13-10-38;1-3-2/h5-6,15-20H,7-14H2,1-4H3,(H,33,39)(H2,31,32,34,35);3H,1H2,2H3. The molecule has 0 atom stereocenters. The van der Waals surface area contributed by atoms with Crippen LogP contribution < -0.4 is 30.3 Å². The Morgan fingerprint density at radius 2 is 1.73 bits per heavy atom. The molecule has 1 aliphatic heterocycles. The van der Waals surface area contributed by atoms with Crippen LogP contribution in [0.2, 0.25) is 5.02 Å². The molecule has 45 heavy (non-hydrogen) atoms. The Balaban J connectivity index is 0.00000177. The highest BCUT2D eigenvalue weighted by Crippen LogP contribution is 2.38. The largest absolute Gasteiger partial charge is 0.494 e. The predicted octanol–water partition coefficient (Wildman–Crippen LogP) is 5.10. The molecule has 0 aliphatic carbocycles. The molecule has 13 heteroatoms. The fourth-order valence-corrected chi connectivity index (χ4v) is 4.62. The number of rotatable bonds is 15. The van der Waals surface area contributed by atoms with Gasteiger partial charge < -0.3 is 40.0 Å². The number of ether oxygens (including phenoxy) is 3. The smallest absolute Gasteiger partial charge is 0.211 e. The van der Waals surface area contributed by atoms with Crippen molar-refractivity contribution in [2.24, 2.45) is 0 Å². The summed E-state index contributed by atoms with van der Waals surface area (Å²) in [6.45, 7) is 11.6. The van der Waals surface area contributed by atoms with Crippen LogP contribution >= 0.6 is 11.6 Å². The number of anilines is 6. The van der Waals surface area contributed by atoms with Crippen molar-refractivity contribution in [3.63, 3.8) is 0 Å². The number of hydrogen-bond donors (Lipinski definition) is 3. The van der Waals surface area contributed by atoms with Crippen molar-refractivity contribution in [2.45, 2.75) is 6.92 Å². The number of aromatic nitrogens is 2. The Hall–Kier alpha value is -4.10. The first-order valence-electron chi connectivity index (χ1n) is 14.7. The molecule has 0 bridgehead atoms. The summed E-state index contributed by atoms with van der Waals surface area (Å²) < 4.78 is 17.0. The van der Waals surface area contributed by atoms with Crippen LogP contribution in [0.1, 0.15) is 6.92 Å². The van der Waals surface area contributed by atoms with E-state index < -0.39 is 0 Å². The second kappa shape index (κ2) is 18.6. The Morgan fingerprint density at radius 3 is 2.38 bits per heavy atom. The van der Waals surface area contributed by atoms with Gasteiger partial charge in [0.05, 0.1) is 42.4 Å². The third-order valence-electron chi connectivity index (χ3n) is 6.73. The minimum atomic E-state index is 0.505. The first-order valence-corrected chi connectivity index (χ1v) is 15.1. The summed E-state index contributed by atoms with van der Waals surface area (Å²) in [7, 11) is 7.61. The zero-order valence-electron chi connectivity index (χ0n) is 26.8. The number of nitrogens with one attached hydrogen (secondary N) is 3. The third-order valence-corrected chi connectivity index (χ3v) is 7.02. The van der Waals surface area contributed by atoms with E-state index in [2.05, 4.69) is 47.2 Å². The van der Waals surface area contributed by atoms with E-state index in [1.54, 1.807) is 25.3 Å². The summed E-state index contributed by atoms with van der Waals surface area (Å²) in [6, 6.07) is 11.0. The van der Waals surface area contributed by atoms with E-state index in [4.69, 9.17) is 25.8 Å². The Bertz CT molecular complexity index is 1370. The summed E-state index contributed by atoms with van der Waals surface area (Å²) in [5.74, 6) is 2.32. The van der Waals surface area contributed by atoms with Gasteiger partial charge in [-0.1, -0.05) is 17.7 Å². The van der Waals surface area contributed by atoms with Gasteiger partial charge in [-0.15, -0.1) is 6.58 Å². The minimum absolute atomic E-state index is 0.505. The van der Waals surface area contributed by atoms with Crippen LogP contribution in [0.5, 0.6) is 11.5 Å². The maximum Gasteiger partial charge on any atom is 0.211 e. The topological polar surface area (TPSA) is 116 Å². The molecule has 1 aliphatic rings. The van der Waals surface area contributed by atoms with Gasteiger partial charge in [0, 0.05) is 57.6 Å². The second-order valence-corrected chi connectivity index (χ2v) is 10.9. The number of amides is 1. The van der Waals surface area contributed by atoms with Gasteiger partial charge in [0.2, 0.25) is 6.41 Å². The maximum absolute atomic E-state index is 11.4. The van der Waals surface area contributed by atoms with Crippen LogP contribution in [-0.2, 0) is 9.53 Å². The maximum atomic E-state index is 11.4. The van der Waals surface area contributed by atoms with Gasteiger partial charge >= 0.3 is 0 Å². The second-order valence-electron chi connectivity index (χ2n) is 10.5. The summed E-state index contributed by atoms with van der Waals surface area (Å²) in [5, 5.41) is 9.84. The zero-order valence-corrected chi connectivity index (χ0v) is 27.6. The van der Waals surface area contributed by atoms with Gasteiger partial charge in [0.25, 0.3) is 0 Å². The molecule has 1 aromatic heterocycles. The number of nitrogens with zero attached hydrogens (tertiary/aromatic N) is 5. The van der Waals surface area contributed by atoms with E-state index in [1.165, 1.54) is 6.33 Å². The number of allylic oxidation sites excluding steroid dienone is 1. The van der Waals surface area contributed by atoms with Crippen molar-refractivity contribution in [1.29, 1.82) is 0 Å². The van der Waals surface area contributed by atoms with Gasteiger partial charge in [-0.2, -0.15) is 0 Å². The molecule has 0 unspecified atom stereocenters. The predicted molar refractivity (Wildman–Crippen MR) is 183 cm³/mol. The molecule has 2 aromatic carbocycles. The zero-order chi connectivity index (χ0) is 32.6. The number of hydrogen-bond acceptors (Lipinski definition) is 11. The van der Waals surface area contributed by atoms with E-state index in [0.717, 1.165) is 57.3 Å². The van der Waals surface area contributed by atoms with Gasteiger partial charge in [-0.05, 0) is 45.3 Å².